The quantitative estimate of drug-likeness (QED) is 0.932. The molecule has 0 unspecified atom stereocenters. The second kappa shape index (κ2) is 5.66. The average Bonchev–Trinajstić information content (AvgIpc) is 2.90. The van der Waals surface area contributed by atoms with Crippen LogP contribution >= 0.6 is 0 Å². The molecule has 1 aromatic carbocycles. The van der Waals surface area contributed by atoms with Gasteiger partial charge in [-0.25, -0.2) is 13.4 Å². The van der Waals surface area contributed by atoms with Gasteiger partial charge in [-0.15, -0.1) is 0 Å². The van der Waals surface area contributed by atoms with E-state index in [9.17, 15) is 13.2 Å². The highest BCUT2D eigenvalue weighted by Crippen LogP contribution is 2.30. The molecule has 0 bridgehead atoms. The van der Waals surface area contributed by atoms with Crippen LogP contribution in [0, 0.1) is 6.92 Å². The van der Waals surface area contributed by atoms with Crippen LogP contribution < -0.4 is 9.62 Å². The van der Waals surface area contributed by atoms with Gasteiger partial charge in [-0.1, -0.05) is 6.07 Å². The molecule has 120 valence electrons. The summed E-state index contributed by atoms with van der Waals surface area (Å²) in [5, 5.41) is 2.75. The number of aryl methyl sites for hydroxylation is 1. The van der Waals surface area contributed by atoms with E-state index in [4.69, 9.17) is 0 Å². The summed E-state index contributed by atoms with van der Waals surface area (Å²) in [7, 11) is -3.28. The van der Waals surface area contributed by atoms with Crippen molar-refractivity contribution in [2.45, 2.75) is 13.3 Å². The normalized spacial score (nSPS) is 13.7. The number of hydrogen-bond acceptors (Lipinski definition) is 4. The topological polar surface area (TPSA) is 79.4 Å². The van der Waals surface area contributed by atoms with Crippen LogP contribution in [0.5, 0.6) is 0 Å². The predicted octanol–water partition coefficient (Wildman–Crippen LogP) is 1.96. The van der Waals surface area contributed by atoms with Crippen LogP contribution in [0.2, 0.25) is 0 Å². The summed E-state index contributed by atoms with van der Waals surface area (Å²) in [4.78, 5) is 16.6. The van der Waals surface area contributed by atoms with Crippen LogP contribution in [0.1, 0.15) is 21.6 Å². The molecule has 0 fully saturated rings. The Morgan fingerprint density at radius 1 is 1.26 bits per heavy atom. The molecular formula is C16H17N3O3S. The molecule has 7 heteroatoms. The molecule has 1 amide bonds. The molecule has 0 atom stereocenters. The van der Waals surface area contributed by atoms with Gasteiger partial charge in [0.2, 0.25) is 10.0 Å². The number of aromatic nitrogens is 1. The maximum Gasteiger partial charge on any atom is 0.256 e. The number of nitrogens with one attached hydrogen (secondary N) is 1. The molecule has 1 aliphatic heterocycles. The van der Waals surface area contributed by atoms with E-state index in [1.807, 2.05) is 19.1 Å². The number of pyridine rings is 1. The van der Waals surface area contributed by atoms with Crippen molar-refractivity contribution in [1.29, 1.82) is 0 Å². The fourth-order valence-corrected chi connectivity index (χ4v) is 3.62. The second-order valence-electron chi connectivity index (χ2n) is 5.55. The number of fused-ring (bicyclic) bond motifs is 1. The molecule has 6 nitrogen and oxygen atoms in total. The Morgan fingerprint density at radius 3 is 2.74 bits per heavy atom. The molecule has 23 heavy (non-hydrogen) atoms. The Kier molecular flexibility index (Phi) is 3.81. The number of carbonyl (C=O) groups is 1. The highest BCUT2D eigenvalue weighted by atomic mass is 32.2. The van der Waals surface area contributed by atoms with E-state index in [0.29, 0.717) is 30.0 Å². The highest BCUT2D eigenvalue weighted by molar-refractivity contribution is 7.92. The van der Waals surface area contributed by atoms with Crippen molar-refractivity contribution in [1.82, 2.24) is 4.98 Å². The van der Waals surface area contributed by atoms with Crippen LogP contribution in [-0.4, -0.2) is 32.1 Å². The first-order valence-corrected chi connectivity index (χ1v) is 9.05. The minimum absolute atomic E-state index is 0.260. The maximum atomic E-state index is 12.3. The molecule has 2 heterocycles. The minimum Gasteiger partial charge on any atom is -0.307 e. The lowest BCUT2D eigenvalue weighted by Crippen LogP contribution is -2.27. The van der Waals surface area contributed by atoms with E-state index in [1.54, 1.807) is 24.3 Å². The molecular weight excluding hydrogens is 314 g/mol. The van der Waals surface area contributed by atoms with Crippen molar-refractivity contribution < 1.29 is 13.2 Å². The van der Waals surface area contributed by atoms with Gasteiger partial charge in [0.25, 0.3) is 5.91 Å². The first-order chi connectivity index (χ1) is 10.8. The van der Waals surface area contributed by atoms with E-state index in [-0.39, 0.29) is 5.91 Å². The molecule has 3 rings (SSSR count). The van der Waals surface area contributed by atoms with Crippen molar-refractivity contribution in [2.24, 2.45) is 0 Å². The summed E-state index contributed by atoms with van der Waals surface area (Å²) in [6, 6.07) is 10.5. The first kappa shape index (κ1) is 15.5. The Balaban J connectivity index is 1.84. The average molecular weight is 331 g/mol. The summed E-state index contributed by atoms with van der Waals surface area (Å²) in [6.45, 7) is 2.27. The maximum absolute atomic E-state index is 12.3. The fourth-order valence-electron chi connectivity index (χ4n) is 2.66. The van der Waals surface area contributed by atoms with Gasteiger partial charge in [0.15, 0.2) is 0 Å². The smallest absolute Gasteiger partial charge is 0.256 e. The van der Waals surface area contributed by atoms with E-state index in [2.05, 4.69) is 10.3 Å². The van der Waals surface area contributed by atoms with Gasteiger partial charge < -0.3 is 5.32 Å². The van der Waals surface area contributed by atoms with E-state index < -0.39 is 10.0 Å². The monoisotopic (exact) mass is 331 g/mol. The SMILES string of the molecule is Cc1cccc(NC(=O)c2ccc3c(c2)CCN3S(C)(=O)=O)n1. The first-order valence-electron chi connectivity index (χ1n) is 7.20. The standard InChI is InChI=1S/C16H17N3O3S/c1-11-4-3-5-15(17-11)18-16(20)13-6-7-14-12(10-13)8-9-19(14)23(2,21)22/h3-7,10H,8-9H2,1-2H3,(H,17,18,20). The molecule has 2 aromatic rings. The number of rotatable bonds is 3. The fraction of sp³-hybridized carbons (Fsp3) is 0.250. The third kappa shape index (κ3) is 3.19. The van der Waals surface area contributed by atoms with E-state index >= 15 is 0 Å². The zero-order valence-corrected chi connectivity index (χ0v) is 13.7. The number of sulfonamides is 1. The molecule has 0 saturated carbocycles. The van der Waals surface area contributed by atoms with Crippen LogP contribution in [0.4, 0.5) is 11.5 Å². The lowest BCUT2D eigenvalue weighted by molar-refractivity contribution is 0.102. The number of carbonyl (C=O) groups excluding carboxylic acids is 1. The van der Waals surface area contributed by atoms with Crippen LogP contribution in [0.25, 0.3) is 0 Å². The lowest BCUT2D eigenvalue weighted by atomic mass is 10.1. The van der Waals surface area contributed by atoms with Gasteiger partial charge in [0.05, 0.1) is 11.9 Å². The van der Waals surface area contributed by atoms with Crippen molar-refractivity contribution in [3.8, 4) is 0 Å². The van der Waals surface area contributed by atoms with Crippen molar-refractivity contribution in [3.05, 3.63) is 53.2 Å². The van der Waals surface area contributed by atoms with E-state index in [1.165, 1.54) is 10.6 Å². The van der Waals surface area contributed by atoms with Gasteiger partial charge in [-0.3, -0.25) is 9.10 Å². The molecule has 0 aliphatic carbocycles. The largest absolute Gasteiger partial charge is 0.307 e. The third-order valence-corrected chi connectivity index (χ3v) is 4.90. The molecule has 0 spiro atoms. The minimum atomic E-state index is -3.28. The van der Waals surface area contributed by atoms with Gasteiger partial charge >= 0.3 is 0 Å². The number of anilines is 2. The van der Waals surface area contributed by atoms with Crippen LogP contribution in [0.3, 0.4) is 0 Å². The lowest BCUT2D eigenvalue weighted by Gasteiger charge is -2.16. The van der Waals surface area contributed by atoms with Crippen LogP contribution in [-0.2, 0) is 16.4 Å². The molecule has 0 saturated heterocycles. The number of hydrogen-bond donors (Lipinski definition) is 1. The molecule has 1 aromatic heterocycles. The number of benzene rings is 1. The summed E-state index contributed by atoms with van der Waals surface area (Å²) in [6.07, 6.45) is 1.79. The Bertz CT molecular complexity index is 878. The Hall–Kier alpha value is -2.41. The van der Waals surface area contributed by atoms with Gasteiger partial charge in [-0.2, -0.15) is 0 Å². The number of amides is 1. The predicted molar refractivity (Wildman–Crippen MR) is 89.3 cm³/mol. The highest BCUT2D eigenvalue weighted by Gasteiger charge is 2.26. The van der Waals surface area contributed by atoms with Crippen LogP contribution in [0.15, 0.2) is 36.4 Å². The molecule has 0 radical (unpaired) electrons. The summed E-state index contributed by atoms with van der Waals surface area (Å²) in [5.74, 6) is 0.233. The van der Waals surface area contributed by atoms with E-state index in [0.717, 1.165) is 11.3 Å². The van der Waals surface area contributed by atoms with Gasteiger partial charge in [0, 0.05) is 17.8 Å². The number of nitrogens with zero attached hydrogens (tertiary/aromatic N) is 2. The molecule has 1 aliphatic rings. The zero-order valence-electron chi connectivity index (χ0n) is 12.9. The second-order valence-corrected chi connectivity index (χ2v) is 7.45. The Labute approximate surface area is 135 Å². The van der Waals surface area contributed by atoms with Crippen molar-refractivity contribution >= 4 is 27.4 Å². The van der Waals surface area contributed by atoms with Crippen molar-refractivity contribution in [2.75, 3.05) is 22.4 Å². The van der Waals surface area contributed by atoms with Gasteiger partial charge in [0.1, 0.15) is 5.82 Å². The van der Waals surface area contributed by atoms with Gasteiger partial charge in [-0.05, 0) is 49.2 Å². The third-order valence-electron chi connectivity index (χ3n) is 3.72. The summed E-state index contributed by atoms with van der Waals surface area (Å²) >= 11 is 0. The zero-order chi connectivity index (χ0) is 16.6. The summed E-state index contributed by atoms with van der Waals surface area (Å²) in [5.41, 5.74) is 2.82. The Morgan fingerprint density at radius 2 is 2.04 bits per heavy atom. The summed E-state index contributed by atoms with van der Waals surface area (Å²) < 4.78 is 24.8. The molecule has 1 N–H and O–H groups in total. The van der Waals surface area contributed by atoms with Crippen molar-refractivity contribution in [3.63, 3.8) is 0 Å².